The molecule has 0 aliphatic rings. The molecule has 4 heteroatoms. The van der Waals surface area contributed by atoms with Gasteiger partial charge < -0.3 is 13.9 Å². The fraction of sp³-hybridized carbons (Fsp3) is 0.167. The Morgan fingerprint density at radius 2 is 1.77 bits per heavy atom. The van der Waals surface area contributed by atoms with E-state index in [0.717, 1.165) is 0 Å². The highest BCUT2D eigenvalue weighted by Gasteiger charge is 2.17. The van der Waals surface area contributed by atoms with Crippen LogP contribution in [0.5, 0.6) is 11.5 Å². The molecule has 0 bridgehead atoms. The molecule has 0 radical (unpaired) electrons. The van der Waals surface area contributed by atoms with Crippen molar-refractivity contribution in [2.45, 2.75) is 6.92 Å². The number of rotatable bonds is 3. The van der Waals surface area contributed by atoms with Gasteiger partial charge in [0.1, 0.15) is 22.8 Å². The summed E-state index contributed by atoms with van der Waals surface area (Å²) in [6, 6.07) is 12.6. The normalized spacial score (nSPS) is 10.7. The second kappa shape index (κ2) is 5.56. The molecule has 3 aromatic rings. The largest absolute Gasteiger partial charge is 0.497 e. The molecule has 2 aromatic carbocycles. The van der Waals surface area contributed by atoms with Crippen LogP contribution >= 0.6 is 0 Å². The summed E-state index contributed by atoms with van der Waals surface area (Å²) < 4.78 is 16.4. The van der Waals surface area contributed by atoms with Crippen LogP contribution in [0, 0.1) is 6.92 Å². The van der Waals surface area contributed by atoms with Crippen LogP contribution < -0.4 is 14.9 Å². The third-order valence-corrected chi connectivity index (χ3v) is 3.65. The molecule has 0 amide bonds. The predicted molar refractivity (Wildman–Crippen MR) is 85.8 cm³/mol. The van der Waals surface area contributed by atoms with Crippen LogP contribution in [0.25, 0.3) is 22.1 Å². The molecule has 0 aliphatic heterocycles. The van der Waals surface area contributed by atoms with Gasteiger partial charge in [-0.25, -0.2) is 0 Å². The van der Waals surface area contributed by atoms with Crippen LogP contribution in [-0.2, 0) is 0 Å². The number of aryl methyl sites for hydroxylation is 1. The second-order valence-electron chi connectivity index (χ2n) is 4.92. The van der Waals surface area contributed by atoms with E-state index in [1.54, 1.807) is 45.4 Å². The highest BCUT2D eigenvalue weighted by Crippen LogP contribution is 2.34. The van der Waals surface area contributed by atoms with Crippen LogP contribution in [0.15, 0.2) is 51.7 Å². The van der Waals surface area contributed by atoms with Crippen molar-refractivity contribution in [2.75, 3.05) is 14.2 Å². The summed E-state index contributed by atoms with van der Waals surface area (Å²) in [5.74, 6) is 1.81. The number of fused-ring (bicyclic) bond motifs is 1. The average molecular weight is 296 g/mol. The molecule has 112 valence electrons. The Kier molecular flexibility index (Phi) is 3.59. The molecule has 0 atom stereocenters. The molecule has 0 spiro atoms. The van der Waals surface area contributed by atoms with Crippen molar-refractivity contribution in [1.29, 1.82) is 0 Å². The van der Waals surface area contributed by atoms with Gasteiger partial charge in [-0.3, -0.25) is 4.79 Å². The lowest BCUT2D eigenvalue weighted by Crippen LogP contribution is -2.08. The lowest BCUT2D eigenvalue weighted by Gasteiger charge is -2.12. The molecule has 4 nitrogen and oxygen atoms in total. The van der Waals surface area contributed by atoms with Gasteiger partial charge >= 0.3 is 0 Å². The van der Waals surface area contributed by atoms with Crippen molar-refractivity contribution >= 4 is 11.0 Å². The van der Waals surface area contributed by atoms with Gasteiger partial charge in [0.2, 0.25) is 5.43 Å². The smallest absolute Gasteiger partial charge is 0.200 e. The maximum atomic E-state index is 12.8. The summed E-state index contributed by atoms with van der Waals surface area (Å²) in [5, 5.41) is 0.556. The Hall–Kier alpha value is -2.75. The van der Waals surface area contributed by atoms with Gasteiger partial charge in [-0.05, 0) is 31.2 Å². The van der Waals surface area contributed by atoms with Crippen molar-refractivity contribution in [2.24, 2.45) is 0 Å². The number of benzene rings is 2. The Balaban J connectivity index is 2.33. The standard InChI is InChI=1S/C18H16O4/c1-11-17(13-9-8-12(20-2)10-16(13)21-3)18(19)14-6-4-5-7-15(14)22-11/h4-10H,1-3H3. The molecule has 22 heavy (non-hydrogen) atoms. The molecule has 0 N–H and O–H groups in total. The van der Waals surface area contributed by atoms with Gasteiger partial charge in [0.25, 0.3) is 0 Å². The van der Waals surface area contributed by atoms with E-state index in [4.69, 9.17) is 13.9 Å². The third-order valence-electron chi connectivity index (χ3n) is 3.65. The maximum absolute atomic E-state index is 12.8. The maximum Gasteiger partial charge on any atom is 0.200 e. The van der Waals surface area contributed by atoms with E-state index >= 15 is 0 Å². The molecule has 1 heterocycles. The van der Waals surface area contributed by atoms with E-state index in [0.29, 0.717) is 39.4 Å². The zero-order valence-electron chi connectivity index (χ0n) is 12.7. The zero-order chi connectivity index (χ0) is 15.7. The van der Waals surface area contributed by atoms with Crippen LogP contribution in [0.4, 0.5) is 0 Å². The minimum absolute atomic E-state index is 0.0668. The van der Waals surface area contributed by atoms with Gasteiger partial charge in [-0.15, -0.1) is 0 Å². The Morgan fingerprint density at radius 3 is 2.50 bits per heavy atom. The molecule has 0 fully saturated rings. The topological polar surface area (TPSA) is 48.7 Å². The highest BCUT2D eigenvalue weighted by atomic mass is 16.5. The van der Waals surface area contributed by atoms with Gasteiger partial charge in [-0.1, -0.05) is 12.1 Å². The third kappa shape index (κ3) is 2.22. The molecule has 3 rings (SSSR count). The first-order valence-electron chi connectivity index (χ1n) is 6.90. The van der Waals surface area contributed by atoms with Crippen LogP contribution in [0.3, 0.4) is 0 Å². The SMILES string of the molecule is COc1ccc(-c2c(C)oc3ccccc3c2=O)c(OC)c1. The number of methoxy groups -OCH3 is 2. The van der Waals surface area contributed by atoms with E-state index in [1.807, 2.05) is 18.2 Å². The van der Waals surface area contributed by atoms with E-state index in [9.17, 15) is 4.79 Å². The van der Waals surface area contributed by atoms with Crippen molar-refractivity contribution in [3.05, 3.63) is 58.4 Å². The van der Waals surface area contributed by atoms with Crippen LogP contribution in [0.1, 0.15) is 5.76 Å². The summed E-state index contributed by atoms with van der Waals surface area (Å²) >= 11 is 0. The summed E-state index contributed by atoms with van der Waals surface area (Å²) in [7, 11) is 3.15. The van der Waals surface area contributed by atoms with Gasteiger partial charge in [-0.2, -0.15) is 0 Å². The fourth-order valence-corrected chi connectivity index (χ4v) is 2.57. The number of ether oxygens (including phenoxy) is 2. The Morgan fingerprint density at radius 1 is 1.00 bits per heavy atom. The molecule has 0 saturated carbocycles. The summed E-state index contributed by atoms with van der Waals surface area (Å²) in [6.45, 7) is 1.78. The van der Waals surface area contributed by atoms with E-state index in [1.165, 1.54) is 0 Å². The Bertz CT molecular complexity index is 893. The van der Waals surface area contributed by atoms with Crippen LogP contribution in [-0.4, -0.2) is 14.2 Å². The Labute approximate surface area is 127 Å². The van der Waals surface area contributed by atoms with Gasteiger partial charge in [0.15, 0.2) is 0 Å². The second-order valence-corrected chi connectivity index (χ2v) is 4.92. The minimum atomic E-state index is -0.0668. The fourth-order valence-electron chi connectivity index (χ4n) is 2.57. The molecule has 0 aliphatic carbocycles. The van der Waals surface area contributed by atoms with Crippen LogP contribution in [0.2, 0.25) is 0 Å². The minimum Gasteiger partial charge on any atom is -0.497 e. The first-order chi connectivity index (χ1) is 10.7. The van der Waals surface area contributed by atoms with Gasteiger partial charge in [0, 0.05) is 11.6 Å². The summed E-state index contributed by atoms with van der Waals surface area (Å²) in [6.07, 6.45) is 0. The predicted octanol–water partition coefficient (Wildman–Crippen LogP) is 3.79. The number of hydrogen-bond donors (Lipinski definition) is 0. The molecular weight excluding hydrogens is 280 g/mol. The van der Waals surface area contributed by atoms with Gasteiger partial charge in [0.05, 0.1) is 25.2 Å². The summed E-state index contributed by atoms with van der Waals surface area (Å²) in [4.78, 5) is 12.8. The highest BCUT2D eigenvalue weighted by molar-refractivity contribution is 5.84. The lowest BCUT2D eigenvalue weighted by molar-refractivity contribution is 0.395. The van der Waals surface area contributed by atoms with E-state index < -0.39 is 0 Å². The first-order valence-corrected chi connectivity index (χ1v) is 6.90. The molecular formula is C18H16O4. The molecule has 1 aromatic heterocycles. The lowest BCUT2D eigenvalue weighted by atomic mass is 10.0. The summed E-state index contributed by atoms with van der Waals surface area (Å²) in [5.41, 5.74) is 1.72. The van der Waals surface area contributed by atoms with E-state index in [-0.39, 0.29) is 5.43 Å². The van der Waals surface area contributed by atoms with Crippen molar-refractivity contribution in [1.82, 2.24) is 0 Å². The number of hydrogen-bond acceptors (Lipinski definition) is 4. The monoisotopic (exact) mass is 296 g/mol. The zero-order valence-corrected chi connectivity index (χ0v) is 12.7. The molecule has 0 unspecified atom stereocenters. The molecule has 0 saturated heterocycles. The number of para-hydroxylation sites is 1. The quantitative estimate of drug-likeness (QED) is 0.738. The van der Waals surface area contributed by atoms with Crippen molar-refractivity contribution < 1.29 is 13.9 Å². The van der Waals surface area contributed by atoms with Crippen molar-refractivity contribution in [3.8, 4) is 22.6 Å². The first kappa shape index (κ1) is 14.2. The van der Waals surface area contributed by atoms with E-state index in [2.05, 4.69) is 0 Å². The van der Waals surface area contributed by atoms with Crippen molar-refractivity contribution in [3.63, 3.8) is 0 Å². The average Bonchev–Trinajstić information content (AvgIpc) is 2.55.